The fourth-order valence-corrected chi connectivity index (χ4v) is 2.19. The second kappa shape index (κ2) is 10.1. The summed E-state index contributed by atoms with van der Waals surface area (Å²) in [5.74, 6) is 0.426. The van der Waals surface area contributed by atoms with Crippen molar-refractivity contribution in [1.82, 2.24) is 5.32 Å². The average molecular weight is 357 g/mol. The molecule has 0 bridgehead atoms. The second-order valence-electron chi connectivity index (χ2n) is 5.63. The number of para-hydroxylation sites is 1. The molecule has 26 heavy (non-hydrogen) atoms. The Morgan fingerprint density at radius 2 is 1.69 bits per heavy atom. The highest BCUT2D eigenvalue weighted by molar-refractivity contribution is 5.81. The van der Waals surface area contributed by atoms with Crippen molar-refractivity contribution in [2.75, 3.05) is 20.3 Å². The fraction of sp³-hybridized carbons (Fsp3) is 0.300. The second-order valence-corrected chi connectivity index (χ2v) is 5.63. The lowest BCUT2D eigenvalue weighted by molar-refractivity contribution is -0.154. The van der Waals surface area contributed by atoms with Gasteiger partial charge in [-0.05, 0) is 43.2 Å². The third kappa shape index (κ3) is 6.47. The summed E-state index contributed by atoms with van der Waals surface area (Å²) in [5, 5.41) is 2.72. The predicted molar refractivity (Wildman–Crippen MR) is 97.2 cm³/mol. The number of hydrogen-bond donors (Lipinski definition) is 1. The van der Waals surface area contributed by atoms with Gasteiger partial charge in [0.15, 0.2) is 12.7 Å². The lowest BCUT2D eigenvalue weighted by atomic mass is 10.1. The summed E-state index contributed by atoms with van der Waals surface area (Å²) in [6, 6.07) is 16.6. The van der Waals surface area contributed by atoms with Crippen molar-refractivity contribution in [2.45, 2.75) is 19.4 Å². The molecule has 0 radical (unpaired) electrons. The minimum atomic E-state index is -0.788. The summed E-state index contributed by atoms with van der Waals surface area (Å²) in [5.41, 5.74) is 1.08. The zero-order chi connectivity index (χ0) is 18.8. The number of ether oxygens (including phenoxy) is 3. The highest BCUT2D eigenvalue weighted by atomic mass is 16.6. The quantitative estimate of drug-likeness (QED) is 0.698. The SMILES string of the molecule is COc1ccc(CCNC(=O)COC(=O)[C@@H](C)Oc2ccccc2)cc1. The number of hydrogen-bond acceptors (Lipinski definition) is 5. The number of carbonyl (C=O) groups excluding carboxylic acids is 2. The van der Waals surface area contributed by atoms with Gasteiger partial charge in [0.1, 0.15) is 11.5 Å². The van der Waals surface area contributed by atoms with Crippen molar-refractivity contribution in [1.29, 1.82) is 0 Å². The van der Waals surface area contributed by atoms with Crippen molar-refractivity contribution in [3.05, 3.63) is 60.2 Å². The number of nitrogens with one attached hydrogen (secondary N) is 1. The van der Waals surface area contributed by atoms with E-state index in [0.717, 1.165) is 11.3 Å². The Labute approximate surface area is 153 Å². The summed E-state index contributed by atoms with van der Waals surface area (Å²) in [6.45, 7) is 1.71. The zero-order valence-corrected chi connectivity index (χ0v) is 14.9. The summed E-state index contributed by atoms with van der Waals surface area (Å²) < 4.78 is 15.5. The summed E-state index contributed by atoms with van der Waals surface area (Å²) in [7, 11) is 1.61. The molecule has 6 heteroatoms. The van der Waals surface area contributed by atoms with Crippen LogP contribution in [-0.4, -0.2) is 38.2 Å². The van der Waals surface area contributed by atoms with E-state index in [0.29, 0.717) is 18.7 Å². The van der Waals surface area contributed by atoms with Crippen LogP contribution in [0, 0.1) is 0 Å². The summed E-state index contributed by atoms with van der Waals surface area (Å²) in [6.07, 6.45) is -0.110. The predicted octanol–water partition coefficient (Wildman–Crippen LogP) is 2.36. The molecule has 0 unspecified atom stereocenters. The Morgan fingerprint density at radius 1 is 1.00 bits per heavy atom. The van der Waals surface area contributed by atoms with Crippen LogP contribution in [0.3, 0.4) is 0 Å². The Kier molecular flexibility index (Phi) is 7.49. The van der Waals surface area contributed by atoms with Gasteiger partial charge >= 0.3 is 5.97 Å². The highest BCUT2D eigenvalue weighted by Crippen LogP contribution is 2.12. The van der Waals surface area contributed by atoms with E-state index in [1.807, 2.05) is 42.5 Å². The van der Waals surface area contributed by atoms with E-state index >= 15 is 0 Å². The first kappa shape index (κ1) is 19.3. The van der Waals surface area contributed by atoms with Gasteiger partial charge in [-0.3, -0.25) is 4.79 Å². The van der Waals surface area contributed by atoms with Gasteiger partial charge in [-0.15, -0.1) is 0 Å². The Morgan fingerprint density at radius 3 is 2.35 bits per heavy atom. The number of rotatable bonds is 9. The summed E-state index contributed by atoms with van der Waals surface area (Å²) >= 11 is 0. The van der Waals surface area contributed by atoms with Crippen LogP contribution in [0.2, 0.25) is 0 Å². The molecule has 0 saturated carbocycles. The number of methoxy groups -OCH3 is 1. The van der Waals surface area contributed by atoms with Crippen molar-refractivity contribution in [2.24, 2.45) is 0 Å². The molecule has 138 valence electrons. The van der Waals surface area contributed by atoms with Crippen LogP contribution >= 0.6 is 0 Å². The standard InChI is InChI=1S/C20H23NO5/c1-15(26-18-6-4-3-5-7-18)20(23)25-14-19(22)21-13-12-16-8-10-17(24-2)11-9-16/h3-11,15H,12-14H2,1-2H3,(H,21,22)/t15-/m1/s1. The van der Waals surface area contributed by atoms with Gasteiger partial charge in [-0.25, -0.2) is 4.79 Å². The number of amides is 1. The molecule has 1 N–H and O–H groups in total. The molecule has 2 rings (SSSR count). The first-order chi connectivity index (χ1) is 12.6. The van der Waals surface area contributed by atoms with Crippen LogP contribution in [0.5, 0.6) is 11.5 Å². The maximum absolute atomic E-state index is 11.9. The minimum absolute atomic E-state index is 0.329. The van der Waals surface area contributed by atoms with Crippen LogP contribution in [0.25, 0.3) is 0 Å². The molecule has 6 nitrogen and oxygen atoms in total. The molecule has 2 aromatic carbocycles. The van der Waals surface area contributed by atoms with Crippen LogP contribution in [0.15, 0.2) is 54.6 Å². The maximum atomic E-state index is 11.9. The van der Waals surface area contributed by atoms with E-state index in [4.69, 9.17) is 14.2 Å². The van der Waals surface area contributed by atoms with Gasteiger partial charge in [-0.1, -0.05) is 30.3 Å². The van der Waals surface area contributed by atoms with Gasteiger partial charge in [0.2, 0.25) is 0 Å². The van der Waals surface area contributed by atoms with Crippen molar-refractivity contribution in [3.8, 4) is 11.5 Å². The molecular formula is C20H23NO5. The van der Waals surface area contributed by atoms with Gasteiger partial charge in [-0.2, -0.15) is 0 Å². The van der Waals surface area contributed by atoms with Crippen molar-refractivity contribution < 1.29 is 23.8 Å². The molecule has 0 aliphatic carbocycles. The van der Waals surface area contributed by atoms with Crippen molar-refractivity contribution >= 4 is 11.9 Å². The molecule has 0 spiro atoms. The topological polar surface area (TPSA) is 73.9 Å². The Balaban J connectivity index is 1.65. The third-order valence-corrected chi connectivity index (χ3v) is 3.63. The van der Waals surface area contributed by atoms with Crippen LogP contribution in [0.1, 0.15) is 12.5 Å². The lowest BCUT2D eigenvalue weighted by Crippen LogP contribution is -2.33. The largest absolute Gasteiger partial charge is 0.497 e. The van der Waals surface area contributed by atoms with E-state index < -0.39 is 12.1 Å². The molecule has 2 aromatic rings. The molecule has 0 fully saturated rings. The fourth-order valence-electron chi connectivity index (χ4n) is 2.19. The molecule has 1 amide bonds. The van der Waals surface area contributed by atoms with Gasteiger partial charge < -0.3 is 19.5 Å². The normalized spacial score (nSPS) is 11.3. The Hall–Kier alpha value is -3.02. The van der Waals surface area contributed by atoms with Gasteiger partial charge in [0.05, 0.1) is 7.11 Å². The Bertz CT molecular complexity index is 700. The third-order valence-electron chi connectivity index (χ3n) is 3.63. The minimum Gasteiger partial charge on any atom is -0.497 e. The maximum Gasteiger partial charge on any atom is 0.347 e. The molecular weight excluding hydrogens is 334 g/mol. The van der Waals surface area contributed by atoms with Crippen molar-refractivity contribution in [3.63, 3.8) is 0 Å². The first-order valence-corrected chi connectivity index (χ1v) is 8.36. The molecule has 0 heterocycles. The van der Waals surface area contributed by atoms with E-state index in [1.54, 1.807) is 26.2 Å². The molecule has 0 saturated heterocycles. The number of benzene rings is 2. The number of carbonyl (C=O) groups is 2. The zero-order valence-electron chi connectivity index (χ0n) is 14.9. The number of esters is 1. The lowest BCUT2D eigenvalue weighted by Gasteiger charge is -2.13. The van der Waals surface area contributed by atoms with E-state index in [2.05, 4.69) is 5.32 Å². The van der Waals surface area contributed by atoms with Crippen LogP contribution < -0.4 is 14.8 Å². The van der Waals surface area contributed by atoms with Gasteiger partial charge in [0, 0.05) is 6.54 Å². The highest BCUT2D eigenvalue weighted by Gasteiger charge is 2.17. The monoisotopic (exact) mass is 357 g/mol. The molecule has 0 aromatic heterocycles. The van der Waals surface area contributed by atoms with Crippen LogP contribution in [0.4, 0.5) is 0 Å². The molecule has 1 atom stereocenters. The average Bonchev–Trinajstić information content (AvgIpc) is 2.67. The molecule has 0 aliphatic heterocycles. The van der Waals surface area contributed by atoms with Crippen LogP contribution in [-0.2, 0) is 20.7 Å². The molecule has 0 aliphatic rings. The smallest absolute Gasteiger partial charge is 0.347 e. The van der Waals surface area contributed by atoms with E-state index in [1.165, 1.54) is 0 Å². The first-order valence-electron chi connectivity index (χ1n) is 8.36. The van der Waals surface area contributed by atoms with E-state index in [9.17, 15) is 9.59 Å². The summed E-state index contributed by atoms with van der Waals surface area (Å²) in [4.78, 5) is 23.6. The van der Waals surface area contributed by atoms with E-state index in [-0.39, 0.29) is 12.5 Å². The van der Waals surface area contributed by atoms with Gasteiger partial charge in [0.25, 0.3) is 5.91 Å².